The predicted octanol–water partition coefficient (Wildman–Crippen LogP) is 6.50. The van der Waals surface area contributed by atoms with Crippen LogP contribution >= 0.6 is 34.5 Å². The molecule has 0 atom stereocenters. The van der Waals surface area contributed by atoms with Crippen molar-refractivity contribution in [2.75, 3.05) is 10.6 Å². The summed E-state index contributed by atoms with van der Waals surface area (Å²) in [5, 5.41) is 9.43. The van der Waals surface area contributed by atoms with Gasteiger partial charge in [0.1, 0.15) is 0 Å². The second-order valence-corrected chi connectivity index (χ2v) is 8.29. The molecule has 27 heavy (non-hydrogen) atoms. The first-order chi connectivity index (χ1) is 13.1. The van der Waals surface area contributed by atoms with E-state index in [1.165, 1.54) is 27.8 Å². The normalized spacial score (nSPS) is 12.7. The number of benzene rings is 3. The fourth-order valence-corrected chi connectivity index (χ4v) is 4.83. The van der Waals surface area contributed by atoms with Gasteiger partial charge < -0.3 is 5.32 Å². The molecule has 4 aromatic rings. The molecule has 1 aliphatic rings. The van der Waals surface area contributed by atoms with E-state index in [2.05, 4.69) is 39.9 Å². The van der Waals surface area contributed by atoms with Crippen molar-refractivity contribution in [2.45, 2.75) is 12.8 Å². The van der Waals surface area contributed by atoms with Gasteiger partial charge in [-0.25, -0.2) is 9.78 Å². The minimum Gasteiger partial charge on any atom is -0.308 e. The number of rotatable bonds is 2. The molecular formula is C20H13Cl2N3OS. The second kappa shape index (κ2) is 6.37. The van der Waals surface area contributed by atoms with Crippen LogP contribution in [0, 0.1) is 0 Å². The predicted molar refractivity (Wildman–Crippen MR) is 114 cm³/mol. The van der Waals surface area contributed by atoms with E-state index in [1.54, 1.807) is 18.2 Å². The Kier molecular flexibility index (Phi) is 3.97. The first-order valence-corrected chi connectivity index (χ1v) is 10.0. The Hall–Kier alpha value is -2.34. The van der Waals surface area contributed by atoms with Crippen LogP contribution in [0.1, 0.15) is 11.1 Å². The maximum absolute atomic E-state index is 12.3. The van der Waals surface area contributed by atoms with Crippen LogP contribution in [0.2, 0.25) is 10.0 Å². The molecule has 0 saturated heterocycles. The number of halogens is 2. The summed E-state index contributed by atoms with van der Waals surface area (Å²) in [5.74, 6) is 0. The highest BCUT2D eigenvalue weighted by Gasteiger charge is 2.19. The topological polar surface area (TPSA) is 54.0 Å². The molecule has 1 aliphatic carbocycles. The Morgan fingerprint density at radius 2 is 1.85 bits per heavy atom. The summed E-state index contributed by atoms with van der Waals surface area (Å²) in [6, 6.07) is 13.1. The van der Waals surface area contributed by atoms with Gasteiger partial charge in [0, 0.05) is 11.1 Å². The summed E-state index contributed by atoms with van der Waals surface area (Å²) in [7, 11) is 0. The molecule has 4 nitrogen and oxygen atoms in total. The van der Waals surface area contributed by atoms with Crippen LogP contribution < -0.4 is 10.6 Å². The van der Waals surface area contributed by atoms with Gasteiger partial charge in [-0.05, 0) is 53.6 Å². The molecule has 0 radical (unpaired) electrons. The number of nitrogens with zero attached hydrogens (tertiary/aromatic N) is 1. The van der Waals surface area contributed by atoms with Crippen LogP contribution in [0.15, 0.2) is 42.5 Å². The van der Waals surface area contributed by atoms with Crippen molar-refractivity contribution in [3.05, 3.63) is 63.6 Å². The fourth-order valence-electron chi connectivity index (χ4n) is 3.59. The van der Waals surface area contributed by atoms with Gasteiger partial charge >= 0.3 is 6.03 Å². The van der Waals surface area contributed by atoms with Crippen LogP contribution in [-0.4, -0.2) is 11.0 Å². The van der Waals surface area contributed by atoms with Gasteiger partial charge in [0.05, 0.1) is 20.3 Å². The van der Waals surface area contributed by atoms with E-state index in [1.807, 2.05) is 0 Å². The van der Waals surface area contributed by atoms with Crippen molar-refractivity contribution in [3.8, 4) is 0 Å². The first-order valence-electron chi connectivity index (χ1n) is 8.45. The molecule has 5 rings (SSSR count). The zero-order valence-electron chi connectivity index (χ0n) is 14.0. The third-order valence-electron chi connectivity index (χ3n) is 4.75. The number of nitrogens with one attached hydrogen (secondary N) is 2. The lowest BCUT2D eigenvalue weighted by molar-refractivity contribution is 0.262. The summed E-state index contributed by atoms with van der Waals surface area (Å²) in [6.45, 7) is 0. The van der Waals surface area contributed by atoms with Gasteiger partial charge in [-0.2, -0.15) is 0 Å². The van der Waals surface area contributed by atoms with Gasteiger partial charge in [0.25, 0.3) is 0 Å². The number of anilines is 2. The van der Waals surface area contributed by atoms with Crippen LogP contribution in [0.3, 0.4) is 0 Å². The van der Waals surface area contributed by atoms with Gasteiger partial charge in [-0.15, -0.1) is 0 Å². The number of hydrogen-bond donors (Lipinski definition) is 2. The lowest BCUT2D eigenvalue weighted by Crippen LogP contribution is -2.19. The average Bonchev–Trinajstić information content (AvgIpc) is 3.23. The number of carbonyl (C=O) groups excluding carboxylic acids is 1. The molecule has 0 spiro atoms. The van der Waals surface area contributed by atoms with Crippen molar-refractivity contribution in [1.82, 2.24) is 4.98 Å². The average molecular weight is 414 g/mol. The van der Waals surface area contributed by atoms with Gasteiger partial charge in [0.15, 0.2) is 5.13 Å². The minimum absolute atomic E-state index is 0.371. The Balaban J connectivity index is 1.45. The van der Waals surface area contributed by atoms with Crippen molar-refractivity contribution < 1.29 is 4.79 Å². The second-order valence-electron chi connectivity index (χ2n) is 6.45. The number of fused-ring (bicyclic) bond motifs is 2. The van der Waals surface area contributed by atoms with Gasteiger partial charge in [0.2, 0.25) is 0 Å². The van der Waals surface area contributed by atoms with E-state index >= 15 is 0 Å². The van der Waals surface area contributed by atoms with Crippen molar-refractivity contribution in [1.29, 1.82) is 0 Å². The molecule has 0 unspecified atom stereocenters. The third kappa shape index (κ3) is 2.92. The first kappa shape index (κ1) is 16.8. The van der Waals surface area contributed by atoms with E-state index in [9.17, 15) is 4.79 Å². The van der Waals surface area contributed by atoms with Crippen LogP contribution in [0.5, 0.6) is 0 Å². The van der Waals surface area contributed by atoms with Crippen LogP contribution in [0.25, 0.3) is 21.0 Å². The molecule has 2 N–H and O–H groups in total. The number of urea groups is 1. The maximum Gasteiger partial charge on any atom is 0.325 e. The number of hydrogen-bond acceptors (Lipinski definition) is 3. The maximum atomic E-state index is 12.3. The fraction of sp³-hybridized carbons (Fsp3) is 0.100. The molecule has 0 fully saturated rings. The summed E-state index contributed by atoms with van der Waals surface area (Å²) in [5.41, 5.74) is 4.25. The highest BCUT2D eigenvalue weighted by atomic mass is 35.5. The summed E-state index contributed by atoms with van der Waals surface area (Å²) < 4.78 is 1.08. The third-order valence-corrected chi connectivity index (χ3v) is 6.40. The van der Waals surface area contributed by atoms with E-state index in [0.717, 1.165) is 28.4 Å². The zero-order valence-corrected chi connectivity index (χ0v) is 16.3. The summed E-state index contributed by atoms with van der Waals surface area (Å²) in [4.78, 5) is 17.0. The van der Waals surface area contributed by atoms with Gasteiger partial charge in [-0.3, -0.25) is 5.32 Å². The summed E-state index contributed by atoms with van der Waals surface area (Å²) >= 11 is 13.4. The van der Waals surface area contributed by atoms with E-state index in [4.69, 9.17) is 23.2 Å². The molecule has 1 heterocycles. The lowest BCUT2D eigenvalue weighted by Gasteiger charge is -2.06. The molecule has 3 aromatic carbocycles. The Morgan fingerprint density at radius 1 is 1.00 bits per heavy atom. The van der Waals surface area contributed by atoms with E-state index in [-0.39, 0.29) is 6.03 Å². The lowest BCUT2D eigenvalue weighted by atomic mass is 10.0. The highest BCUT2D eigenvalue weighted by Crippen LogP contribution is 2.39. The standard InChI is InChI=1S/C20H13Cl2N3OS/c21-14-7-6-12(9-15(14)22)23-19(26)25-20-24-18-13-3-1-2-10-4-5-11(17(10)13)8-16(18)27-20/h1-3,6-9H,4-5H2,(H2,23,24,25,26). The Labute approximate surface area is 169 Å². The van der Waals surface area contributed by atoms with Crippen molar-refractivity contribution in [2.24, 2.45) is 0 Å². The number of aryl methyl sites for hydroxylation is 2. The highest BCUT2D eigenvalue weighted by molar-refractivity contribution is 7.22. The molecule has 0 aliphatic heterocycles. The smallest absolute Gasteiger partial charge is 0.308 e. The summed E-state index contributed by atoms with van der Waals surface area (Å²) in [6.07, 6.45) is 2.14. The Morgan fingerprint density at radius 3 is 2.70 bits per heavy atom. The molecule has 7 heteroatoms. The molecule has 2 amide bonds. The monoisotopic (exact) mass is 413 g/mol. The molecular weight excluding hydrogens is 401 g/mol. The van der Waals surface area contributed by atoms with E-state index in [0.29, 0.717) is 20.9 Å². The quantitative estimate of drug-likeness (QED) is 0.393. The van der Waals surface area contributed by atoms with Crippen LogP contribution in [0.4, 0.5) is 15.6 Å². The largest absolute Gasteiger partial charge is 0.325 e. The number of carbonyl (C=O) groups is 1. The van der Waals surface area contributed by atoms with Crippen LogP contribution in [-0.2, 0) is 12.8 Å². The van der Waals surface area contributed by atoms with E-state index < -0.39 is 0 Å². The number of amides is 2. The number of aromatic nitrogens is 1. The van der Waals surface area contributed by atoms with Crippen molar-refractivity contribution >= 4 is 72.4 Å². The number of thiazole rings is 1. The Bertz CT molecular complexity index is 1240. The molecule has 1 aromatic heterocycles. The molecule has 134 valence electrons. The molecule has 0 saturated carbocycles. The van der Waals surface area contributed by atoms with Gasteiger partial charge in [-0.1, -0.05) is 52.7 Å². The zero-order chi connectivity index (χ0) is 18.5. The minimum atomic E-state index is -0.371. The SMILES string of the molecule is O=C(Nc1ccc(Cl)c(Cl)c1)Nc1nc2c(cc3c4c(cccc42)CC3)s1. The molecule has 0 bridgehead atoms. The van der Waals surface area contributed by atoms with Crippen molar-refractivity contribution in [3.63, 3.8) is 0 Å².